The maximum atomic E-state index is 9.62. The third-order valence-electron chi connectivity index (χ3n) is 0. The average molecular weight is 456 g/mol. The first kappa shape index (κ1) is 27.8. The zero-order chi connectivity index (χ0) is 18.0. The molecule has 20 heteroatoms. The summed E-state index contributed by atoms with van der Waals surface area (Å²) >= 11 is -6.10. The van der Waals surface area contributed by atoms with Crippen LogP contribution in [-0.2, 0) is 3.02 Å². The summed E-state index contributed by atoms with van der Waals surface area (Å²) in [5.41, 5.74) is 0. The molecule has 0 bridgehead atoms. The van der Waals surface area contributed by atoms with Crippen molar-refractivity contribution in [3.05, 3.63) is 0 Å². The summed E-state index contributed by atoms with van der Waals surface area (Å²) < 4.78 is 150. The van der Waals surface area contributed by atoms with Crippen LogP contribution >= 0.6 is 0 Å². The Morgan fingerprint density at radius 2 is 0.500 bits per heavy atom. The summed E-state index contributed by atoms with van der Waals surface area (Å²) in [6.45, 7) is 0. The van der Waals surface area contributed by atoms with E-state index in [0.29, 0.717) is 0 Å². The van der Waals surface area contributed by atoms with Gasteiger partial charge in [-0.05, 0) is 0 Å². The molecule has 0 heterocycles. The van der Waals surface area contributed by atoms with Crippen LogP contribution in [0.4, 0.5) is 53.8 Å². The third kappa shape index (κ3) is 22500. The monoisotopic (exact) mass is 455 g/mol. The van der Waals surface area contributed by atoms with Crippen molar-refractivity contribution in [2.75, 3.05) is 0 Å². The molecule has 0 atom stereocenters. The van der Waals surface area contributed by atoms with E-state index >= 15 is 0 Å². The molecule has 0 aromatic rings. The molecular weight excluding hydrogens is 456 g/mol. The van der Waals surface area contributed by atoms with E-state index in [-0.39, 0.29) is 0 Å². The molecule has 0 radical (unpaired) electrons. The fraction of sp³-hybridized carbons (Fsp3) is 0. The van der Waals surface area contributed by atoms with E-state index in [2.05, 4.69) is 0 Å². The molecule has 0 saturated heterocycles. The van der Waals surface area contributed by atoms with Crippen LogP contribution in [0.5, 0.6) is 0 Å². The second-order valence-corrected chi connectivity index (χ2v) is 4.15. The van der Waals surface area contributed by atoms with Crippen LogP contribution in [0.15, 0.2) is 0 Å². The van der Waals surface area contributed by atoms with Gasteiger partial charge in [-0.2, -0.15) is 0 Å². The molecule has 0 N–H and O–H groups in total. The number of nitrogens with zero attached hydrogens (tertiary/aromatic N) is 3. The molecule has 0 aromatic carbocycles. The Morgan fingerprint density at radius 3 is 0.500 bits per heavy atom. The normalized spacial score (nSPS) is 11.9. The summed E-state index contributed by atoms with van der Waals surface area (Å²) in [4.78, 5) is 0. The molecule has 0 spiro atoms. The van der Waals surface area contributed by atoms with Gasteiger partial charge in [0.2, 0.25) is 0 Å². The van der Waals surface area contributed by atoms with Crippen LogP contribution in [0, 0.1) is 0 Å². The van der Waals surface area contributed by atoms with Gasteiger partial charge in [-0.25, -0.2) is 0 Å². The number of quaternary nitrogens is 3. The van der Waals surface area contributed by atoms with Crippen LogP contribution < -0.4 is 10.2 Å². The fourth-order valence-corrected chi connectivity index (χ4v) is 0. The van der Waals surface area contributed by atoms with Gasteiger partial charge in [0.05, 0.1) is 0 Å². The molecule has 0 aliphatic rings. The topological polar surface area (TPSA) is 86.2 Å². The number of halogens is 12. The van der Waals surface area contributed by atoms with Crippen molar-refractivity contribution in [2.45, 2.75) is 0 Å². The summed E-state index contributed by atoms with van der Waals surface area (Å²) in [5.74, 6) is 0. The van der Waals surface area contributed by atoms with Crippen molar-refractivity contribution in [3.8, 4) is 0 Å². The summed E-state index contributed by atoms with van der Waals surface area (Å²) in [6, 6.07) is 0. The van der Waals surface area contributed by atoms with Crippen molar-refractivity contribution in [2.24, 2.45) is 0 Å². The molecule has 0 saturated carbocycles. The van der Waals surface area contributed by atoms with Crippen LogP contribution in [0.2, 0.25) is 0 Å². The van der Waals surface area contributed by atoms with Crippen molar-refractivity contribution < 1.29 is 83.1 Å². The van der Waals surface area contributed by atoms with Crippen LogP contribution in [0.25, 0.3) is 0 Å². The maximum absolute atomic E-state index is 9.62. The first-order valence-electron chi connectivity index (χ1n) is 2.76. The number of hydrogen-bond donors (Lipinski definition) is 0. The predicted molar refractivity (Wildman–Crippen MR) is 20.5 cm³/mol. The first-order valence-corrected chi connectivity index (χ1v) is 6.93. The molecule has 0 rings (SSSR count). The Kier molecular flexibility index (Phi) is 14.3. The van der Waals surface area contributed by atoms with Crippen LogP contribution in [0.3, 0.4) is 0 Å². The second kappa shape index (κ2) is 10.3. The zero-order valence-electron chi connectivity index (χ0n) is 7.96. The van der Waals surface area contributed by atoms with Gasteiger partial charge in [0, 0.05) is 0 Å². The molecule has 0 aliphatic heterocycles. The minimum atomic E-state index is -6.10. The molecular formula is F12N3O4Sb. The van der Waals surface area contributed by atoms with Gasteiger partial charge in [0.15, 0.2) is 0 Å². The molecule has 0 aromatic heterocycles. The third-order valence-corrected chi connectivity index (χ3v) is 0. The Labute approximate surface area is 104 Å². The Hall–Kier alpha value is -0.462. The molecule has 0 fully saturated rings. The molecule has 0 amide bonds. The van der Waals surface area contributed by atoms with Gasteiger partial charge in [-0.3, -0.25) is 0 Å². The van der Waals surface area contributed by atoms with Crippen LogP contribution in [-0.4, -0.2) is 36.2 Å². The van der Waals surface area contributed by atoms with Crippen molar-refractivity contribution in [1.29, 1.82) is 0 Å². The Morgan fingerprint density at radius 1 is 0.500 bits per heavy atom. The second-order valence-electron chi connectivity index (χ2n) is 1.60. The Balaban J connectivity index is -0.0000000853. The predicted octanol–water partition coefficient (Wildman–Crippen LogP) is -0.0430. The van der Waals surface area contributed by atoms with Crippen molar-refractivity contribution >= 4 is 20.1 Å². The molecule has 7 nitrogen and oxygen atoms in total. The van der Waals surface area contributed by atoms with E-state index in [9.17, 15) is 53.8 Å². The summed E-state index contributed by atoms with van der Waals surface area (Å²) in [6.07, 6.45) is 0. The van der Waals surface area contributed by atoms with Crippen molar-refractivity contribution in [3.63, 3.8) is 0 Å². The molecule has 0 aliphatic carbocycles. The van der Waals surface area contributed by atoms with E-state index in [1.54, 1.807) is 0 Å². The Bertz CT molecular complexity index is 205. The average Bonchev–Trinajstić information content (AvgIpc) is 1.62. The fourth-order valence-electron chi connectivity index (χ4n) is 0. The molecule has 128 valence electrons. The number of hydrogen-bond acceptors (Lipinski definition) is 4. The van der Waals surface area contributed by atoms with Gasteiger partial charge in [-0.1, -0.05) is 0 Å². The van der Waals surface area contributed by atoms with Gasteiger partial charge in [0.25, 0.3) is 0 Å². The van der Waals surface area contributed by atoms with Crippen molar-refractivity contribution in [1.82, 2.24) is 0 Å². The number of rotatable bonds is 0. The standard InChI is InChI=1S/3F4N.4O.Sb/c3*1-5(2,3)4;;;;;/q3*+1;;3*-1;. The minimum absolute atomic E-state index is 5.00. The van der Waals surface area contributed by atoms with Gasteiger partial charge in [-0.15, -0.1) is 0 Å². The van der Waals surface area contributed by atoms with E-state index in [1.165, 1.54) is 0 Å². The van der Waals surface area contributed by atoms with Gasteiger partial charge in [0.1, 0.15) is 53.8 Å². The van der Waals surface area contributed by atoms with Crippen LogP contribution in [0.1, 0.15) is 0 Å². The van der Waals surface area contributed by atoms with E-state index < -0.39 is 36.2 Å². The molecule has 20 heavy (non-hydrogen) atoms. The van der Waals surface area contributed by atoms with E-state index in [0.717, 1.165) is 0 Å². The SMILES string of the molecule is F[N+](F)(F)F.F[N+](F)(F)F.F[N+](F)(F)F.[O]=[Sb]([O-])([O-])[O-]. The van der Waals surface area contributed by atoms with Gasteiger partial charge < -0.3 is 0 Å². The first-order chi connectivity index (χ1) is 8.00. The summed E-state index contributed by atoms with van der Waals surface area (Å²) in [7, 11) is 0. The quantitative estimate of drug-likeness (QED) is 0.291. The van der Waals surface area contributed by atoms with E-state index in [1.807, 2.05) is 0 Å². The van der Waals surface area contributed by atoms with Gasteiger partial charge >= 0.3 is 49.3 Å². The zero-order valence-corrected chi connectivity index (χ0v) is 10.5. The molecule has 0 unspecified atom stereocenters. The van der Waals surface area contributed by atoms with E-state index in [4.69, 9.17) is 13.2 Å². The summed E-state index contributed by atoms with van der Waals surface area (Å²) in [5, 5.41) is -15.0.